The zero-order chi connectivity index (χ0) is 15.3. The van der Waals surface area contributed by atoms with E-state index in [1.54, 1.807) is 13.0 Å². The van der Waals surface area contributed by atoms with E-state index in [1.165, 1.54) is 30.2 Å². The molecule has 2 heterocycles. The molecule has 2 fully saturated rings. The van der Waals surface area contributed by atoms with Crippen molar-refractivity contribution in [1.82, 2.24) is 14.6 Å². The zero-order valence-electron chi connectivity index (χ0n) is 12.5. The predicted molar refractivity (Wildman–Crippen MR) is 82.1 cm³/mol. The van der Waals surface area contributed by atoms with Crippen molar-refractivity contribution in [1.29, 1.82) is 0 Å². The number of hydrogen-bond acceptors (Lipinski definition) is 4. The molecular formula is C16H18ClN3O2. The van der Waals surface area contributed by atoms with Crippen LogP contribution in [-0.4, -0.2) is 27.2 Å². The fraction of sp³-hybridized carbons (Fsp3) is 0.562. The van der Waals surface area contributed by atoms with Crippen molar-refractivity contribution >= 4 is 23.2 Å². The minimum absolute atomic E-state index is 0.251. The Kier molecular flexibility index (Phi) is 3.33. The highest BCUT2D eigenvalue weighted by Crippen LogP contribution is 2.60. The maximum absolute atomic E-state index is 11.8. The van der Waals surface area contributed by atoms with Crippen LogP contribution in [0, 0.1) is 11.8 Å². The van der Waals surface area contributed by atoms with Crippen molar-refractivity contribution in [2.24, 2.45) is 11.8 Å². The smallest absolute Gasteiger partial charge is 0.358 e. The molecule has 0 bridgehead atoms. The molecule has 116 valence electrons. The third-order valence-electron chi connectivity index (χ3n) is 4.89. The summed E-state index contributed by atoms with van der Waals surface area (Å²) in [5, 5.41) is 4.69. The highest BCUT2D eigenvalue weighted by atomic mass is 35.5. The van der Waals surface area contributed by atoms with E-state index in [9.17, 15) is 4.79 Å². The van der Waals surface area contributed by atoms with E-state index in [0.29, 0.717) is 23.3 Å². The molecular weight excluding hydrogens is 302 g/mol. The standard InChI is InChI=1S/C16H18ClN3O2/c1-2-22-16(21)12-8-14-18-11(7-13(17)20(14)19-12)15-9-5-3-4-6-10(9)15/h7-10,15H,2-6H2,1H3. The molecule has 0 saturated heterocycles. The summed E-state index contributed by atoms with van der Waals surface area (Å²) < 4.78 is 6.48. The van der Waals surface area contributed by atoms with Crippen LogP contribution in [0.5, 0.6) is 0 Å². The molecule has 2 atom stereocenters. The number of carbonyl (C=O) groups excluding carboxylic acids is 1. The Morgan fingerprint density at radius 1 is 1.36 bits per heavy atom. The van der Waals surface area contributed by atoms with Crippen molar-refractivity contribution < 1.29 is 9.53 Å². The van der Waals surface area contributed by atoms with Crippen LogP contribution < -0.4 is 0 Å². The van der Waals surface area contributed by atoms with Crippen LogP contribution in [0.4, 0.5) is 0 Å². The lowest BCUT2D eigenvalue weighted by molar-refractivity contribution is 0.0519. The first kappa shape index (κ1) is 14.0. The third kappa shape index (κ3) is 2.19. The van der Waals surface area contributed by atoms with Gasteiger partial charge in [-0.3, -0.25) is 0 Å². The number of carbonyl (C=O) groups is 1. The summed E-state index contributed by atoms with van der Waals surface area (Å²) in [6.07, 6.45) is 5.25. The van der Waals surface area contributed by atoms with E-state index in [0.717, 1.165) is 17.5 Å². The van der Waals surface area contributed by atoms with Crippen molar-refractivity contribution in [2.75, 3.05) is 6.61 Å². The molecule has 0 aliphatic heterocycles. The molecule has 0 aromatic carbocycles. The summed E-state index contributed by atoms with van der Waals surface area (Å²) in [7, 11) is 0. The van der Waals surface area contributed by atoms with Gasteiger partial charge in [0.25, 0.3) is 0 Å². The topological polar surface area (TPSA) is 56.5 Å². The molecule has 0 N–H and O–H groups in total. The Hall–Kier alpha value is -1.62. The molecule has 2 aliphatic rings. The predicted octanol–water partition coefficient (Wildman–Crippen LogP) is 3.46. The monoisotopic (exact) mass is 319 g/mol. The van der Waals surface area contributed by atoms with Gasteiger partial charge in [0, 0.05) is 17.7 Å². The van der Waals surface area contributed by atoms with Gasteiger partial charge in [0.1, 0.15) is 5.15 Å². The molecule has 2 aliphatic carbocycles. The van der Waals surface area contributed by atoms with Crippen LogP contribution in [0.15, 0.2) is 12.1 Å². The van der Waals surface area contributed by atoms with Crippen molar-refractivity contribution in [3.05, 3.63) is 28.7 Å². The van der Waals surface area contributed by atoms with E-state index >= 15 is 0 Å². The average Bonchev–Trinajstić information content (AvgIpc) is 3.07. The van der Waals surface area contributed by atoms with Gasteiger partial charge < -0.3 is 4.74 Å². The molecule has 2 unspecified atom stereocenters. The summed E-state index contributed by atoms with van der Waals surface area (Å²) in [4.78, 5) is 16.5. The molecule has 5 nitrogen and oxygen atoms in total. The highest BCUT2D eigenvalue weighted by Gasteiger charge is 2.52. The summed E-state index contributed by atoms with van der Waals surface area (Å²) >= 11 is 6.33. The first-order valence-electron chi connectivity index (χ1n) is 7.92. The Labute approximate surface area is 133 Å². The maximum Gasteiger partial charge on any atom is 0.358 e. The van der Waals surface area contributed by atoms with Gasteiger partial charge in [-0.15, -0.1) is 0 Å². The van der Waals surface area contributed by atoms with Crippen molar-refractivity contribution in [3.8, 4) is 0 Å². The Morgan fingerprint density at radius 2 is 2.09 bits per heavy atom. The van der Waals surface area contributed by atoms with Crippen molar-refractivity contribution in [2.45, 2.75) is 38.5 Å². The van der Waals surface area contributed by atoms with Gasteiger partial charge in [0.2, 0.25) is 0 Å². The fourth-order valence-electron chi connectivity index (χ4n) is 3.86. The largest absolute Gasteiger partial charge is 0.461 e. The van der Waals surface area contributed by atoms with Crippen LogP contribution in [0.25, 0.3) is 5.65 Å². The SMILES string of the molecule is CCOC(=O)c1cc2nc(C3C4CCCCC43)cc(Cl)n2n1. The minimum Gasteiger partial charge on any atom is -0.461 e. The van der Waals surface area contributed by atoms with Crippen LogP contribution in [-0.2, 0) is 4.74 Å². The van der Waals surface area contributed by atoms with Gasteiger partial charge in [-0.25, -0.2) is 14.3 Å². The second kappa shape index (κ2) is 5.23. The normalized spacial score (nSPS) is 26.7. The summed E-state index contributed by atoms with van der Waals surface area (Å²) in [5.74, 6) is 1.64. The summed E-state index contributed by atoms with van der Waals surface area (Å²) in [6.45, 7) is 2.09. The van der Waals surface area contributed by atoms with Crippen molar-refractivity contribution in [3.63, 3.8) is 0 Å². The number of aromatic nitrogens is 3. The summed E-state index contributed by atoms with van der Waals surface area (Å²) in [6, 6.07) is 3.55. The lowest BCUT2D eigenvalue weighted by atomic mass is 10.0. The van der Waals surface area contributed by atoms with Crippen LogP contribution in [0.3, 0.4) is 0 Å². The highest BCUT2D eigenvalue weighted by molar-refractivity contribution is 6.29. The number of ether oxygens (including phenoxy) is 1. The van der Waals surface area contributed by atoms with Crippen LogP contribution in [0.2, 0.25) is 5.15 Å². The van der Waals surface area contributed by atoms with E-state index < -0.39 is 5.97 Å². The average molecular weight is 320 g/mol. The van der Waals surface area contributed by atoms with Gasteiger partial charge in [-0.1, -0.05) is 24.4 Å². The van der Waals surface area contributed by atoms with Gasteiger partial charge in [-0.05, 0) is 37.7 Å². The lowest BCUT2D eigenvalue weighted by Gasteiger charge is -2.04. The number of hydrogen-bond donors (Lipinski definition) is 0. The van der Waals surface area contributed by atoms with Gasteiger partial charge in [0.05, 0.1) is 6.61 Å². The Balaban J connectivity index is 1.69. The molecule has 2 aromatic rings. The fourth-order valence-corrected chi connectivity index (χ4v) is 4.10. The molecule has 0 spiro atoms. The molecule has 0 radical (unpaired) electrons. The minimum atomic E-state index is -0.439. The van der Waals surface area contributed by atoms with Gasteiger partial charge in [0.15, 0.2) is 11.3 Å². The summed E-state index contributed by atoms with van der Waals surface area (Å²) in [5.41, 5.74) is 1.92. The quantitative estimate of drug-likeness (QED) is 0.642. The number of halogens is 1. The number of esters is 1. The second-order valence-corrected chi connectivity index (χ2v) is 6.55. The number of nitrogens with zero attached hydrogens (tertiary/aromatic N) is 3. The van der Waals surface area contributed by atoms with Crippen LogP contribution >= 0.6 is 11.6 Å². The zero-order valence-corrected chi connectivity index (χ0v) is 13.2. The van der Waals surface area contributed by atoms with E-state index in [-0.39, 0.29) is 5.69 Å². The lowest BCUT2D eigenvalue weighted by Crippen LogP contribution is -2.05. The number of fused-ring (bicyclic) bond motifs is 2. The third-order valence-corrected chi connectivity index (χ3v) is 5.16. The van der Waals surface area contributed by atoms with E-state index in [4.69, 9.17) is 21.3 Å². The molecule has 6 heteroatoms. The molecule has 2 aromatic heterocycles. The Bertz CT molecular complexity index is 730. The number of rotatable bonds is 3. The molecule has 2 saturated carbocycles. The van der Waals surface area contributed by atoms with E-state index in [2.05, 4.69) is 5.10 Å². The second-order valence-electron chi connectivity index (χ2n) is 6.16. The maximum atomic E-state index is 11.8. The van der Waals surface area contributed by atoms with Gasteiger partial charge in [-0.2, -0.15) is 5.10 Å². The van der Waals surface area contributed by atoms with Gasteiger partial charge >= 0.3 is 5.97 Å². The molecule has 4 rings (SSSR count). The first-order chi connectivity index (χ1) is 10.7. The molecule has 0 amide bonds. The van der Waals surface area contributed by atoms with Crippen LogP contribution in [0.1, 0.15) is 54.7 Å². The first-order valence-corrected chi connectivity index (χ1v) is 8.30. The Morgan fingerprint density at radius 3 is 2.77 bits per heavy atom. The molecule has 22 heavy (non-hydrogen) atoms. The van der Waals surface area contributed by atoms with E-state index in [1.807, 2.05) is 6.07 Å².